The molecule has 1 saturated heterocycles. The van der Waals surface area contributed by atoms with Crippen LogP contribution in [0.25, 0.3) is 0 Å². The first-order valence-electron chi connectivity index (χ1n) is 9.06. The molecule has 2 aromatic carbocycles. The van der Waals surface area contributed by atoms with Gasteiger partial charge in [-0.1, -0.05) is 43.3 Å². The Morgan fingerprint density at radius 2 is 1.70 bits per heavy atom. The van der Waals surface area contributed by atoms with Crippen LogP contribution < -0.4 is 0 Å². The van der Waals surface area contributed by atoms with Gasteiger partial charge in [-0.05, 0) is 30.0 Å². The molecule has 27 heavy (non-hydrogen) atoms. The van der Waals surface area contributed by atoms with Crippen LogP contribution in [0.1, 0.15) is 30.0 Å². The van der Waals surface area contributed by atoms with Crippen LogP contribution >= 0.6 is 0 Å². The van der Waals surface area contributed by atoms with Gasteiger partial charge in [0.25, 0.3) is 5.69 Å². The number of rotatable bonds is 5. The maximum absolute atomic E-state index is 13.0. The predicted octanol–water partition coefficient (Wildman–Crippen LogP) is 3.37. The van der Waals surface area contributed by atoms with Crippen molar-refractivity contribution in [3.05, 3.63) is 75.3 Å². The molecule has 2 amide bonds. The molecule has 6 nitrogen and oxygen atoms in total. The van der Waals surface area contributed by atoms with E-state index in [9.17, 15) is 19.7 Å². The van der Waals surface area contributed by atoms with E-state index >= 15 is 0 Å². The summed E-state index contributed by atoms with van der Waals surface area (Å²) >= 11 is 0. The minimum atomic E-state index is -0.613. The SMILES string of the molecule is CCC1(c2cc(C)cc([N+](=O)[O-])c2)[C@@H]2C(=O)N(Cc3ccccc3)C(=O)[C@@H]21. The van der Waals surface area contributed by atoms with Crippen LogP contribution in [0.4, 0.5) is 5.69 Å². The lowest BCUT2D eigenvalue weighted by Gasteiger charge is -2.25. The second kappa shape index (κ2) is 6.01. The van der Waals surface area contributed by atoms with E-state index in [1.54, 1.807) is 6.92 Å². The Balaban J connectivity index is 1.67. The van der Waals surface area contributed by atoms with Gasteiger partial charge in [-0.3, -0.25) is 24.6 Å². The molecule has 2 aliphatic rings. The number of amides is 2. The van der Waals surface area contributed by atoms with Gasteiger partial charge in [-0.25, -0.2) is 0 Å². The van der Waals surface area contributed by atoms with Gasteiger partial charge in [0.2, 0.25) is 11.8 Å². The van der Waals surface area contributed by atoms with Gasteiger partial charge in [0.05, 0.1) is 23.3 Å². The van der Waals surface area contributed by atoms with E-state index in [1.165, 1.54) is 17.0 Å². The number of carbonyl (C=O) groups is 2. The molecular weight excluding hydrogens is 344 g/mol. The fourth-order valence-corrected chi connectivity index (χ4v) is 4.67. The average molecular weight is 364 g/mol. The van der Waals surface area contributed by atoms with Gasteiger partial charge in [0, 0.05) is 17.5 Å². The topological polar surface area (TPSA) is 80.5 Å². The zero-order chi connectivity index (χ0) is 19.3. The number of benzene rings is 2. The summed E-state index contributed by atoms with van der Waals surface area (Å²) in [6.45, 7) is 4.01. The fourth-order valence-electron chi connectivity index (χ4n) is 4.67. The van der Waals surface area contributed by atoms with Crippen LogP contribution in [0.2, 0.25) is 0 Å². The number of non-ortho nitro benzene ring substituents is 1. The highest BCUT2D eigenvalue weighted by Gasteiger charge is 2.76. The molecular formula is C21H20N2O4. The van der Waals surface area contributed by atoms with Crippen molar-refractivity contribution < 1.29 is 14.5 Å². The number of likely N-dealkylation sites (tertiary alicyclic amines) is 1. The van der Waals surface area contributed by atoms with Crippen molar-refractivity contribution in [3.8, 4) is 0 Å². The maximum atomic E-state index is 13.0. The normalized spacial score (nSPS) is 26.2. The van der Waals surface area contributed by atoms with Crippen molar-refractivity contribution >= 4 is 17.5 Å². The third-order valence-corrected chi connectivity index (χ3v) is 5.98. The average Bonchev–Trinajstić information content (AvgIpc) is 3.28. The molecule has 0 N–H and O–H groups in total. The quantitative estimate of drug-likeness (QED) is 0.463. The second-order valence-electron chi connectivity index (χ2n) is 7.41. The molecule has 138 valence electrons. The standard InChI is InChI=1S/C21H20N2O4/c1-3-21(15-9-13(2)10-16(11-15)23(26)27)17-18(21)20(25)22(19(17)24)12-14-7-5-4-6-8-14/h4-11,17-18H,3,12H2,1-2H3/t17-,18+,21?. The summed E-state index contributed by atoms with van der Waals surface area (Å²) in [6, 6.07) is 14.3. The van der Waals surface area contributed by atoms with Crippen molar-refractivity contribution in [1.29, 1.82) is 0 Å². The number of piperidine rings is 1. The molecule has 1 aliphatic heterocycles. The van der Waals surface area contributed by atoms with E-state index in [0.717, 1.165) is 16.7 Å². The van der Waals surface area contributed by atoms with Gasteiger partial charge in [-0.15, -0.1) is 0 Å². The Kier molecular flexibility index (Phi) is 3.87. The lowest BCUT2D eigenvalue weighted by molar-refractivity contribution is -0.385. The Labute approximate surface area is 156 Å². The number of nitro benzene ring substituents is 1. The molecule has 2 aromatic rings. The highest BCUT2D eigenvalue weighted by Crippen LogP contribution is 2.66. The van der Waals surface area contributed by atoms with E-state index in [4.69, 9.17) is 0 Å². The number of fused-ring (bicyclic) bond motifs is 1. The largest absolute Gasteiger partial charge is 0.278 e. The minimum absolute atomic E-state index is 0.00355. The van der Waals surface area contributed by atoms with Crippen LogP contribution in [0, 0.1) is 28.9 Å². The summed E-state index contributed by atoms with van der Waals surface area (Å²) in [5.41, 5.74) is 1.79. The molecule has 1 heterocycles. The van der Waals surface area contributed by atoms with Crippen LogP contribution in [-0.2, 0) is 21.5 Å². The molecule has 4 rings (SSSR count). The smallest absolute Gasteiger partial charge is 0.269 e. The van der Waals surface area contributed by atoms with E-state index in [2.05, 4.69) is 0 Å². The van der Waals surface area contributed by atoms with E-state index < -0.39 is 22.2 Å². The molecule has 6 heteroatoms. The third kappa shape index (κ3) is 2.47. The van der Waals surface area contributed by atoms with Gasteiger partial charge >= 0.3 is 0 Å². The summed E-state index contributed by atoms with van der Waals surface area (Å²) in [5, 5.41) is 11.2. The number of hydrogen-bond donors (Lipinski definition) is 0. The molecule has 0 aromatic heterocycles. The van der Waals surface area contributed by atoms with Crippen LogP contribution in [0.15, 0.2) is 48.5 Å². The summed E-state index contributed by atoms with van der Waals surface area (Å²) in [6.07, 6.45) is 0.597. The first kappa shape index (κ1) is 17.4. The summed E-state index contributed by atoms with van der Waals surface area (Å²) in [4.78, 5) is 38.1. The van der Waals surface area contributed by atoms with Crippen molar-refractivity contribution in [3.63, 3.8) is 0 Å². The molecule has 0 spiro atoms. The first-order chi connectivity index (χ1) is 12.9. The number of nitrogens with zero attached hydrogens (tertiary/aromatic N) is 2. The monoisotopic (exact) mass is 364 g/mol. The predicted molar refractivity (Wildman–Crippen MR) is 98.8 cm³/mol. The minimum Gasteiger partial charge on any atom is -0.278 e. The highest BCUT2D eigenvalue weighted by molar-refractivity contribution is 6.11. The maximum Gasteiger partial charge on any atom is 0.269 e. The second-order valence-corrected chi connectivity index (χ2v) is 7.41. The van der Waals surface area contributed by atoms with Crippen LogP contribution in [0.3, 0.4) is 0 Å². The first-order valence-corrected chi connectivity index (χ1v) is 9.06. The van der Waals surface area contributed by atoms with Crippen molar-refractivity contribution in [1.82, 2.24) is 4.90 Å². The zero-order valence-electron chi connectivity index (χ0n) is 15.2. The van der Waals surface area contributed by atoms with Crippen molar-refractivity contribution in [2.24, 2.45) is 11.8 Å². The number of aryl methyl sites for hydroxylation is 1. The Hall–Kier alpha value is -3.02. The van der Waals surface area contributed by atoms with E-state index in [1.807, 2.05) is 43.3 Å². The molecule has 1 unspecified atom stereocenters. The van der Waals surface area contributed by atoms with Gasteiger partial charge in [0.15, 0.2) is 0 Å². The Morgan fingerprint density at radius 1 is 1.07 bits per heavy atom. The summed E-state index contributed by atoms with van der Waals surface area (Å²) in [5.74, 6) is -1.17. The number of carbonyl (C=O) groups excluding carboxylic acids is 2. The number of nitro groups is 1. The molecule has 1 aliphatic carbocycles. The molecule has 1 saturated carbocycles. The third-order valence-electron chi connectivity index (χ3n) is 5.98. The van der Waals surface area contributed by atoms with Crippen molar-refractivity contribution in [2.45, 2.75) is 32.2 Å². The van der Waals surface area contributed by atoms with Crippen molar-refractivity contribution in [2.75, 3.05) is 0 Å². The van der Waals surface area contributed by atoms with Gasteiger partial charge in [-0.2, -0.15) is 0 Å². The lowest BCUT2D eigenvalue weighted by atomic mass is 9.86. The van der Waals surface area contributed by atoms with Crippen LogP contribution in [-0.4, -0.2) is 21.6 Å². The van der Waals surface area contributed by atoms with Crippen LogP contribution in [0.5, 0.6) is 0 Å². The fraction of sp³-hybridized carbons (Fsp3) is 0.333. The van der Waals surface area contributed by atoms with Gasteiger partial charge < -0.3 is 0 Å². The van der Waals surface area contributed by atoms with Gasteiger partial charge in [0.1, 0.15) is 0 Å². The lowest BCUT2D eigenvalue weighted by Crippen LogP contribution is -2.38. The molecule has 2 fully saturated rings. The summed E-state index contributed by atoms with van der Waals surface area (Å²) in [7, 11) is 0. The number of imide groups is 1. The van der Waals surface area contributed by atoms with E-state index in [-0.39, 0.29) is 24.0 Å². The summed E-state index contributed by atoms with van der Waals surface area (Å²) < 4.78 is 0. The van der Waals surface area contributed by atoms with E-state index in [0.29, 0.717) is 6.42 Å². The highest BCUT2D eigenvalue weighted by atomic mass is 16.6. The Bertz CT molecular complexity index is 932. The number of hydrogen-bond acceptors (Lipinski definition) is 4. The molecule has 3 atom stereocenters. The molecule has 0 bridgehead atoms. The Morgan fingerprint density at radius 3 is 2.26 bits per heavy atom. The molecule has 0 radical (unpaired) electrons. The zero-order valence-corrected chi connectivity index (χ0v) is 15.2.